The maximum atomic E-state index is 12.8. The lowest BCUT2D eigenvalue weighted by Crippen LogP contribution is -2.28. The highest BCUT2D eigenvalue weighted by Gasteiger charge is 2.31. The molecule has 1 fully saturated rings. The van der Waals surface area contributed by atoms with Crippen LogP contribution >= 0.6 is 0 Å². The quantitative estimate of drug-likeness (QED) is 0.404. The SMILES string of the molecule is CC1CC(C)CC(n2c(Nc3ccc(OC(F)(F)F)cc3)nc3ccc(C(=O)N(C)CC=O)cc32)C1. The number of nitrogens with zero attached hydrogens (tertiary/aromatic N) is 3. The van der Waals surface area contributed by atoms with Gasteiger partial charge in [-0.3, -0.25) is 4.79 Å². The molecule has 1 saturated carbocycles. The predicted molar refractivity (Wildman–Crippen MR) is 130 cm³/mol. The monoisotopic (exact) mass is 502 g/mol. The molecule has 4 rings (SSSR count). The lowest BCUT2D eigenvalue weighted by molar-refractivity contribution is -0.274. The van der Waals surface area contributed by atoms with E-state index in [1.54, 1.807) is 25.2 Å². The molecule has 3 aromatic rings. The van der Waals surface area contributed by atoms with Crippen molar-refractivity contribution in [3.05, 3.63) is 48.0 Å². The molecule has 192 valence electrons. The van der Waals surface area contributed by atoms with E-state index in [-0.39, 0.29) is 24.2 Å². The molecule has 0 saturated heterocycles. The summed E-state index contributed by atoms with van der Waals surface area (Å²) in [4.78, 5) is 29.8. The molecule has 2 unspecified atom stereocenters. The summed E-state index contributed by atoms with van der Waals surface area (Å²) < 4.78 is 43.6. The fourth-order valence-corrected chi connectivity index (χ4v) is 5.08. The van der Waals surface area contributed by atoms with Gasteiger partial charge in [0.25, 0.3) is 5.91 Å². The summed E-state index contributed by atoms with van der Waals surface area (Å²) in [6.45, 7) is 4.43. The van der Waals surface area contributed by atoms with Crippen molar-refractivity contribution in [3.8, 4) is 5.75 Å². The molecule has 1 aliphatic carbocycles. The van der Waals surface area contributed by atoms with Crippen molar-refractivity contribution in [2.45, 2.75) is 45.5 Å². The fraction of sp³-hybridized carbons (Fsp3) is 0.423. The molecular weight excluding hydrogens is 473 g/mol. The van der Waals surface area contributed by atoms with Gasteiger partial charge in [0.2, 0.25) is 5.95 Å². The highest BCUT2D eigenvalue weighted by Crippen LogP contribution is 2.40. The van der Waals surface area contributed by atoms with Crippen molar-refractivity contribution in [2.75, 3.05) is 18.9 Å². The smallest absolute Gasteiger partial charge is 0.406 e. The largest absolute Gasteiger partial charge is 0.573 e. The first-order chi connectivity index (χ1) is 17.0. The summed E-state index contributed by atoms with van der Waals surface area (Å²) in [5.41, 5.74) is 2.48. The number of halogens is 3. The number of amides is 1. The Balaban J connectivity index is 1.73. The lowest BCUT2D eigenvalue weighted by Gasteiger charge is -2.33. The molecule has 0 radical (unpaired) electrons. The molecule has 0 bridgehead atoms. The van der Waals surface area contributed by atoms with Gasteiger partial charge in [0, 0.05) is 24.3 Å². The van der Waals surface area contributed by atoms with Crippen LogP contribution in [0.4, 0.5) is 24.8 Å². The number of alkyl halides is 3. The zero-order chi connectivity index (χ0) is 26.0. The standard InChI is InChI=1S/C26H29F3N4O3/c1-16-12-17(2)14-20(13-16)33-23-15-18(24(35)32(3)10-11-34)4-9-22(23)31-25(33)30-19-5-7-21(8-6-19)36-26(27,28)29/h4-9,11,15-17,20H,10,12-14H2,1-3H3,(H,30,31). The number of imidazole rings is 1. The molecular formula is C26H29F3N4O3. The van der Waals surface area contributed by atoms with Gasteiger partial charge in [-0.05, 0) is 73.6 Å². The number of likely N-dealkylation sites (N-methyl/N-ethyl adjacent to an activating group) is 1. The van der Waals surface area contributed by atoms with E-state index in [4.69, 9.17) is 4.98 Å². The van der Waals surface area contributed by atoms with Crippen molar-refractivity contribution < 1.29 is 27.5 Å². The number of aldehydes is 1. The number of carbonyl (C=O) groups is 2. The van der Waals surface area contributed by atoms with Crippen LogP contribution in [0, 0.1) is 11.8 Å². The molecule has 1 aliphatic rings. The number of ether oxygens (including phenoxy) is 1. The highest BCUT2D eigenvalue weighted by atomic mass is 19.4. The van der Waals surface area contributed by atoms with E-state index in [1.807, 2.05) is 0 Å². The summed E-state index contributed by atoms with van der Waals surface area (Å²) in [5, 5.41) is 3.24. The van der Waals surface area contributed by atoms with Gasteiger partial charge in [-0.25, -0.2) is 4.98 Å². The topological polar surface area (TPSA) is 76.5 Å². The number of hydrogen-bond donors (Lipinski definition) is 1. The number of rotatable bonds is 7. The summed E-state index contributed by atoms with van der Waals surface area (Å²) >= 11 is 0. The van der Waals surface area contributed by atoms with Crippen molar-refractivity contribution in [1.29, 1.82) is 0 Å². The van der Waals surface area contributed by atoms with Crippen LogP contribution in [0.1, 0.15) is 49.5 Å². The Morgan fingerprint density at radius 1 is 1.14 bits per heavy atom. The minimum absolute atomic E-state index is 0.00532. The van der Waals surface area contributed by atoms with E-state index >= 15 is 0 Å². The summed E-state index contributed by atoms with van der Waals surface area (Å²) in [6.07, 6.45) is -1.07. The van der Waals surface area contributed by atoms with Crippen molar-refractivity contribution in [2.24, 2.45) is 11.8 Å². The van der Waals surface area contributed by atoms with Crippen LogP contribution < -0.4 is 10.1 Å². The Bertz CT molecular complexity index is 1230. The average Bonchev–Trinajstić information content (AvgIpc) is 3.15. The van der Waals surface area contributed by atoms with Crippen LogP contribution in [-0.2, 0) is 4.79 Å². The minimum Gasteiger partial charge on any atom is -0.406 e. The van der Waals surface area contributed by atoms with E-state index in [0.717, 1.165) is 24.8 Å². The van der Waals surface area contributed by atoms with Gasteiger partial charge in [-0.2, -0.15) is 0 Å². The number of anilines is 2. The second-order valence-electron chi connectivity index (χ2n) is 9.63. The van der Waals surface area contributed by atoms with E-state index in [9.17, 15) is 22.8 Å². The zero-order valence-corrected chi connectivity index (χ0v) is 20.4. The van der Waals surface area contributed by atoms with Crippen molar-refractivity contribution >= 4 is 34.9 Å². The Kier molecular flexibility index (Phi) is 7.23. The summed E-state index contributed by atoms with van der Waals surface area (Å²) in [5.74, 6) is 0.986. The third kappa shape index (κ3) is 5.80. The number of fused-ring (bicyclic) bond motifs is 1. The molecule has 2 aromatic carbocycles. The number of aromatic nitrogens is 2. The summed E-state index contributed by atoms with van der Waals surface area (Å²) in [6, 6.07) is 10.9. The number of nitrogens with one attached hydrogen (secondary N) is 1. The second kappa shape index (κ2) is 10.2. The van der Waals surface area contributed by atoms with Crippen LogP contribution in [0.15, 0.2) is 42.5 Å². The lowest BCUT2D eigenvalue weighted by atomic mass is 9.80. The van der Waals surface area contributed by atoms with Crippen LogP contribution in [0.2, 0.25) is 0 Å². The highest BCUT2D eigenvalue weighted by molar-refractivity contribution is 5.98. The maximum Gasteiger partial charge on any atom is 0.573 e. The van der Waals surface area contributed by atoms with Crippen LogP contribution in [-0.4, -0.2) is 46.6 Å². The first-order valence-electron chi connectivity index (χ1n) is 11.9. The Labute approximate surface area is 207 Å². The van der Waals surface area contributed by atoms with Gasteiger partial charge in [-0.1, -0.05) is 13.8 Å². The maximum absolute atomic E-state index is 12.8. The molecule has 1 heterocycles. The minimum atomic E-state index is -4.76. The number of hydrogen-bond acceptors (Lipinski definition) is 5. The van der Waals surface area contributed by atoms with E-state index in [0.29, 0.717) is 40.8 Å². The Morgan fingerprint density at radius 2 is 1.81 bits per heavy atom. The third-order valence-electron chi connectivity index (χ3n) is 6.49. The van der Waals surface area contributed by atoms with Gasteiger partial charge < -0.3 is 24.3 Å². The first kappa shape index (κ1) is 25.5. The molecule has 7 nitrogen and oxygen atoms in total. The molecule has 1 aromatic heterocycles. The van der Waals surface area contributed by atoms with Crippen molar-refractivity contribution in [1.82, 2.24) is 14.5 Å². The Morgan fingerprint density at radius 3 is 2.42 bits per heavy atom. The van der Waals surface area contributed by atoms with Gasteiger partial charge in [-0.15, -0.1) is 13.2 Å². The van der Waals surface area contributed by atoms with E-state index in [1.165, 1.54) is 29.2 Å². The number of carbonyl (C=O) groups excluding carboxylic acids is 2. The molecule has 36 heavy (non-hydrogen) atoms. The Hall–Kier alpha value is -3.56. The normalized spacial score (nSPS) is 20.2. The molecule has 1 amide bonds. The molecule has 0 spiro atoms. The average molecular weight is 503 g/mol. The fourth-order valence-electron chi connectivity index (χ4n) is 5.08. The van der Waals surface area contributed by atoms with E-state index < -0.39 is 6.36 Å². The molecule has 1 N–H and O–H groups in total. The van der Waals surface area contributed by atoms with Gasteiger partial charge >= 0.3 is 6.36 Å². The second-order valence-corrected chi connectivity index (χ2v) is 9.63. The number of benzene rings is 2. The van der Waals surface area contributed by atoms with Crippen molar-refractivity contribution in [3.63, 3.8) is 0 Å². The molecule has 10 heteroatoms. The predicted octanol–water partition coefficient (Wildman–Crippen LogP) is 5.95. The molecule has 2 atom stereocenters. The van der Waals surface area contributed by atoms with Gasteiger partial charge in [0.15, 0.2) is 0 Å². The van der Waals surface area contributed by atoms with Crippen LogP contribution in [0.5, 0.6) is 5.75 Å². The third-order valence-corrected chi connectivity index (χ3v) is 6.49. The summed E-state index contributed by atoms with van der Waals surface area (Å²) in [7, 11) is 1.57. The van der Waals surface area contributed by atoms with Crippen LogP contribution in [0.3, 0.4) is 0 Å². The van der Waals surface area contributed by atoms with Gasteiger partial charge in [0.05, 0.1) is 17.6 Å². The molecule has 0 aliphatic heterocycles. The first-order valence-corrected chi connectivity index (χ1v) is 11.9. The van der Waals surface area contributed by atoms with Crippen LogP contribution in [0.25, 0.3) is 11.0 Å². The van der Waals surface area contributed by atoms with Gasteiger partial charge in [0.1, 0.15) is 12.0 Å². The zero-order valence-electron chi connectivity index (χ0n) is 20.4. The van der Waals surface area contributed by atoms with E-state index in [2.05, 4.69) is 28.5 Å².